The van der Waals surface area contributed by atoms with Gasteiger partial charge in [-0.2, -0.15) is 0 Å². The number of carbonyl (C=O) groups is 1. The SMILES string of the molecule is COc1ccccc1CCNC(=O)C1CCCN1. The molecule has 18 heavy (non-hydrogen) atoms. The van der Waals surface area contributed by atoms with Crippen LogP contribution in [-0.4, -0.2) is 32.1 Å². The molecule has 0 radical (unpaired) electrons. The fourth-order valence-corrected chi connectivity index (χ4v) is 2.26. The quantitative estimate of drug-likeness (QED) is 0.820. The summed E-state index contributed by atoms with van der Waals surface area (Å²) in [7, 11) is 1.67. The maximum atomic E-state index is 11.8. The Bertz CT molecular complexity index is 401. The smallest absolute Gasteiger partial charge is 0.237 e. The number of methoxy groups -OCH3 is 1. The van der Waals surface area contributed by atoms with E-state index in [-0.39, 0.29) is 11.9 Å². The highest BCUT2D eigenvalue weighted by atomic mass is 16.5. The molecule has 1 heterocycles. The minimum atomic E-state index is 0.00247. The zero-order chi connectivity index (χ0) is 12.8. The Hall–Kier alpha value is -1.55. The second-order valence-electron chi connectivity index (χ2n) is 4.50. The molecule has 1 aliphatic heterocycles. The van der Waals surface area contributed by atoms with Crippen molar-refractivity contribution in [2.45, 2.75) is 25.3 Å². The summed E-state index contributed by atoms with van der Waals surface area (Å²) in [5.41, 5.74) is 1.12. The third-order valence-corrected chi connectivity index (χ3v) is 3.26. The van der Waals surface area contributed by atoms with Crippen LogP contribution in [0.25, 0.3) is 0 Å². The van der Waals surface area contributed by atoms with E-state index >= 15 is 0 Å². The number of nitrogens with one attached hydrogen (secondary N) is 2. The molecular weight excluding hydrogens is 228 g/mol. The van der Waals surface area contributed by atoms with Crippen LogP contribution in [0.5, 0.6) is 5.75 Å². The lowest BCUT2D eigenvalue weighted by molar-refractivity contribution is -0.122. The van der Waals surface area contributed by atoms with E-state index in [1.165, 1.54) is 0 Å². The Morgan fingerprint density at radius 1 is 1.50 bits per heavy atom. The third-order valence-electron chi connectivity index (χ3n) is 3.26. The van der Waals surface area contributed by atoms with E-state index in [2.05, 4.69) is 10.6 Å². The van der Waals surface area contributed by atoms with E-state index < -0.39 is 0 Å². The van der Waals surface area contributed by atoms with E-state index in [9.17, 15) is 4.79 Å². The molecule has 1 atom stereocenters. The molecule has 98 valence electrons. The average molecular weight is 248 g/mol. The lowest BCUT2D eigenvalue weighted by atomic mass is 10.1. The van der Waals surface area contributed by atoms with Crippen molar-refractivity contribution in [3.05, 3.63) is 29.8 Å². The molecule has 1 saturated heterocycles. The number of ether oxygens (including phenoxy) is 1. The van der Waals surface area contributed by atoms with Crippen LogP contribution in [0.3, 0.4) is 0 Å². The number of hydrogen-bond donors (Lipinski definition) is 2. The molecule has 1 aliphatic rings. The molecule has 0 aromatic heterocycles. The second-order valence-corrected chi connectivity index (χ2v) is 4.50. The first-order valence-electron chi connectivity index (χ1n) is 6.44. The van der Waals surface area contributed by atoms with Gasteiger partial charge in [-0.15, -0.1) is 0 Å². The largest absolute Gasteiger partial charge is 0.496 e. The molecule has 0 aliphatic carbocycles. The van der Waals surface area contributed by atoms with Crippen molar-refractivity contribution in [2.75, 3.05) is 20.2 Å². The van der Waals surface area contributed by atoms with E-state index in [1.807, 2.05) is 24.3 Å². The average Bonchev–Trinajstić information content (AvgIpc) is 2.93. The minimum absolute atomic E-state index is 0.00247. The Labute approximate surface area is 108 Å². The first-order valence-corrected chi connectivity index (χ1v) is 6.44. The monoisotopic (exact) mass is 248 g/mol. The Morgan fingerprint density at radius 2 is 2.33 bits per heavy atom. The normalized spacial score (nSPS) is 18.6. The number of hydrogen-bond acceptors (Lipinski definition) is 3. The molecule has 1 aromatic carbocycles. The molecule has 0 saturated carbocycles. The molecule has 1 fully saturated rings. The fourth-order valence-electron chi connectivity index (χ4n) is 2.26. The molecule has 1 aromatic rings. The molecule has 0 bridgehead atoms. The summed E-state index contributed by atoms with van der Waals surface area (Å²) in [5.74, 6) is 0.994. The zero-order valence-corrected chi connectivity index (χ0v) is 10.7. The van der Waals surface area contributed by atoms with Crippen LogP contribution in [0.4, 0.5) is 0 Å². The number of benzene rings is 1. The first-order chi connectivity index (χ1) is 8.81. The molecular formula is C14H20N2O2. The van der Waals surface area contributed by atoms with Crippen LogP contribution in [-0.2, 0) is 11.2 Å². The van der Waals surface area contributed by atoms with Crippen molar-refractivity contribution in [1.82, 2.24) is 10.6 Å². The number of amides is 1. The first kappa shape index (κ1) is 12.9. The molecule has 1 unspecified atom stereocenters. The van der Waals surface area contributed by atoms with Gasteiger partial charge in [0.25, 0.3) is 0 Å². The maximum Gasteiger partial charge on any atom is 0.237 e. The van der Waals surface area contributed by atoms with Gasteiger partial charge in [0.1, 0.15) is 5.75 Å². The van der Waals surface area contributed by atoms with Gasteiger partial charge >= 0.3 is 0 Å². The second kappa shape index (κ2) is 6.40. The van der Waals surface area contributed by atoms with E-state index in [0.29, 0.717) is 6.54 Å². The fraction of sp³-hybridized carbons (Fsp3) is 0.500. The topological polar surface area (TPSA) is 50.4 Å². The van der Waals surface area contributed by atoms with Crippen molar-refractivity contribution in [2.24, 2.45) is 0 Å². The van der Waals surface area contributed by atoms with Gasteiger partial charge < -0.3 is 15.4 Å². The molecule has 4 nitrogen and oxygen atoms in total. The van der Waals surface area contributed by atoms with Crippen LogP contribution in [0.15, 0.2) is 24.3 Å². The van der Waals surface area contributed by atoms with Gasteiger partial charge in [-0.1, -0.05) is 18.2 Å². The molecule has 1 amide bonds. The highest BCUT2D eigenvalue weighted by Gasteiger charge is 2.21. The van der Waals surface area contributed by atoms with Gasteiger partial charge in [-0.25, -0.2) is 0 Å². The standard InChI is InChI=1S/C14H20N2O2/c1-18-13-7-3-2-5-11(13)8-10-16-14(17)12-6-4-9-15-12/h2-3,5,7,12,15H,4,6,8-10H2,1H3,(H,16,17). The Morgan fingerprint density at radius 3 is 3.06 bits per heavy atom. The van der Waals surface area contributed by atoms with E-state index in [4.69, 9.17) is 4.74 Å². The summed E-state index contributed by atoms with van der Waals surface area (Å²) in [5, 5.41) is 6.16. The summed E-state index contributed by atoms with van der Waals surface area (Å²) in [6.45, 7) is 1.60. The third kappa shape index (κ3) is 3.23. The van der Waals surface area contributed by atoms with E-state index in [0.717, 1.165) is 37.1 Å². The molecule has 2 rings (SSSR count). The van der Waals surface area contributed by atoms with E-state index in [1.54, 1.807) is 7.11 Å². The predicted molar refractivity (Wildman–Crippen MR) is 70.7 cm³/mol. The maximum absolute atomic E-state index is 11.8. The highest BCUT2D eigenvalue weighted by molar-refractivity contribution is 5.81. The lowest BCUT2D eigenvalue weighted by Gasteiger charge is -2.12. The number of carbonyl (C=O) groups excluding carboxylic acids is 1. The minimum Gasteiger partial charge on any atom is -0.496 e. The van der Waals surface area contributed by atoms with Crippen molar-refractivity contribution in [3.63, 3.8) is 0 Å². The lowest BCUT2D eigenvalue weighted by Crippen LogP contribution is -2.41. The predicted octanol–water partition coefficient (Wildman–Crippen LogP) is 1.11. The Balaban J connectivity index is 1.79. The number of rotatable bonds is 5. The van der Waals surface area contributed by atoms with Gasteiger partial charge in [0.2, 0.25) is 5.91 Å². The van der Waals surface area contributed by atoms with Crippen molar-refractivity contribution < 1.29 is 9.53 Å². The van der Waals surface area contributed by atoms with Gasteiger partial charge in [0.15, 0.2) is 0 Å². The van der Waals surface area contributed by atoms with Crippen LogP contribution in [0.1, 0.15) is 18.4 Å². The van der Waals surface area contributed by atoms with Gasteiger partial charge in [0, 0.05) is 6.54 Å². The van der Waals surface area contributed by atoms with Crippen LogP contribution in [0, 0.1) is 0 Å². The van der Waals surface area contributed by atoms with Crippen LogP contribution in [0.2, 0.25) is 0 Å². The number of para-hydroxylation sites is 1. The molecule has 0 spiro atoms. The van der Waals surface area contributed by atoms with Crippen molar-refractivity contribution in [1.29, 1.82) is 0 Å². The molecule has 2 N–H and O–H groups in total. The van der Waals surface area contributed by atoms with Crippen LogP contribution < -0.4 is 15.4 Å². The van der Waals surface area contributed by atoms with Crippen molar-refractivity contribution in [3.8, 4) is 5.75 Å². The van der Waals surface area contributed by atoms with Gasteiger partial charge in [-0.3, -0.25) is 4.79 Å². The summed E-state index contributed by atoms with van der Waals surface area (Å²) in [4.78, 5) is 11.8. The summed E-state index contributed by atoms with van der Waals surface area (Å²) < 4.78 is 5.28. The van der Waals surface area contributed by atoms with Gasteiger partial charge in [0.05, 0.1) is 13.2 Å². The van der Waals surface area contributed by atoms with Crippen molar-refractivity contribution >= 4 is 5.91 Å². The summed E-state index contributed by atoms with van der Waals surface area (Å²) in [6.07, 6.45) is 2.83. The summed E-state index contributed by atoms with van der Waals surface area (Å²) in [6, 6.07) is 7.90. The Kier molecular flexibility index (Phi) is 4.59. The highest BCUT2D eigenvalue weighted by Crippen LogP contribution is 2.17. The zero-order valence-electron chi connectivity index (χ0n) is 10.7. The molecule has 4 heteroatoms. The summed E-state index contributed by atoms with van der Waals surface area (Å²) >= 11 is 0. The van der Waals surface area contributed by atoms with Gasteiger partial charge in [-0.05, 0) is 37.4 Å². The van der Waals surface area contributed by atoms with Crippen LogP contribution >= 0.6 is 0 Å².